The van der Waals surface area contributed by atoms with Crippen LogP contribution >= 0.6 is 0 Å². The van der Waals surface area contributed by atoms with Gasteiger partial charge >= 0.3 is 0 Å². The summed E-state index contributed by atoms with van der Waals surface area (Å²) in [6.45, 7) is 3.95. The maximum atomic E-state index is 12.8. The van der Waals surface area contributed by atoms with Crippen LogP contribution in [0.5, 0.6) is 0 Å². The normalized spacial score (nSPS) is 10.7. The molecule has 1 aromatic carbocycles. The summed E-state index contributed by atoms with van der Waals surface area (Å²) in [7, 11) is 1.73. The van der Waals surface area contributed by atoms with Crippen LogP contribution in [0.4, 0.5) is 5.82 Å². The third-order valence-electron chi connectivity index (χ3n) is 4.97. The van der Waals surface area contributed by atoms with Gasteiger partial charge in [0.2, 0.25) is 11.8 Å². The Morgan fingerprint density at radius 3 is 2.45 bits per heavy atom. The van der Waals surface area contributed by atoms with Gasteiger partial charge in [-0.05, 0) is 31.0 Å². The molecule has 0 saturated heterocycles. The Morgan fingerprint density at radius 2 is 1.74 bits per heavy atom. The lowest BCUT2D eigenvalue weighted by Crippen LogP contribution is -2.33. The lowest BCUT2D eigenvalue weighted by atomic mass is 10.1. The lowest BCUT2D eigenvalue weighted by Gasteiger charge is -2.18. The van der Waals surface area contributed by atoms with Crippen LogP contribution in [0.2, 0.25) is 0 Å². The van der Waals surface area contributed by atoms with Gasteiger partial charge in [-0.3, -0.25) is 23.7 Å². The van der Waals surface area contributed by atoms with Crippen molar-refractivity contribution in [2.45, 2.75) is 26.7 Å². The molecule has 8 nitrogen and oxygen atoms in total. The minimum atomic E-state index is -0.261. The van der Waals surface area contributed by atoms with Crippen molar-refractivity contribution in [1.29, 1.82) is 0 Å². The zero-order valence-electron chi connectivity index (χ0n) is 18.0. The van der Waals surface area contributed by atoms with Crippen molar-refractivity contribution < 1.29 is 14.4 Å². The number of rotatable bonds is 8. The second-order valence-corrected chi connectivity index (χ2v) is 7.34. The number of aromatic nitrogens is 2. The second-order valence-electron chi connectivity index (χ2n) is 7.34. The molecule has 2 N–H and O–H groups in total. The number of fused-ring (bicyclic) bond motifs is 1. The van der Waals surface area contributed by atoms with Gasteiger partial charge in [0.1, 0.15) is 11.5 Å². The van der Waals surface area contributed by atoms with E-state index in [1.807, 2.05) is 37.3 Å². The molecule has 0 aliphatic rings. The zero-order valence-corrected chi connectivity index (χ0v) is 18.0. The maximum absolute atomic E-state index is 12.8. The summed E-state index contributed by atoms with van der Waals surface area (Å²) in [5.41, 5.74) is 2.92. The van der Waals surface area contributed by atoms with Crippen molar-refractivity contribution in [3.8, 4) is 0 Å². The summed E-state index contributed by atoms with van der Waals surface area (Å²) in [4.78, 5) is 42.3. The first-order valence-corrected chi connectivity index (χ1v) is 10.2. The molecule has 0 aliphatic carbocycles. The number of carbonyl (C=O) groups is 3. The van der Waals surface area contributed by atoms with E-state index < -0.39 is 0 Å². The fourth-order valence-electron chi connectivity index (χ4n) is 3.39. The summed E-state index contributed by atoms with van der Waals surface area (Å²) in [6.07, 6.45) is 2.71. The summed E-state index contributed by atoms with van der Waals surface area (Å²) in [6, 6.07) is 13.3. The van der Waals surface area contributed by atoms with E-state index in [1.165, 1.54) is 6.92 Å². The highest BCUT2D eigenvalue weighted by Crippen LogP contribution is 2.23. The van der Waals surface area contributed by atoms with Crippen molar-refractivity contribution >= 4 is 29.2 Å². The van der Waals surface area contributed by atoms with Crippen LogP contribution in [0.1, 0.15) is 35.0 Å². The third-order valence-corrected chi connectivity index (χ3v) is 4.97. The number of aryl methyl sites for hydroxylation is 2. The standard InChI is InChI=1S/C23H27N5O3/c1-16-23(27(3)21(30)12-9-18-7-5-4-6-8-18)28-15-19(10-11-20(28)26-16)22(31)25-14-13-24-17(2)29/h4-8,10-11,15H,9,12-14H2,1-3H3,(H,24,29)(H,25,31). The minimum Gasteiger partial charge on any atom is -0.355 e. The molecule has 31 heavy (non-hydrogen) atoms. The molecule has 0 bridgehead atoms. The Balaban J connectivity index is 1.74. The quantitative estimate of drug-likeness (QED) is 0.545. The lowest BCUT2D eigenvalue weighted by molar-refractivity contribution is -0.119. The molecule has 162 valence electrons. The molecule has 0 unspecified atom stereocenters. The molecule has 3 aromatic rings. The Bertz CT molecular complexity index is 1090. The zero-order chi connectivity index (χ0) is 22.4. The molecule has 0 saturated carbocycles. The van der Waals surface area contributed by atoms with Crippen LogP contribution in [-0.4, -0.2) is 47.2 Å². The third kappa shape index (κ3) is 5.48. The van der Waals surface area contributed by atoms with E-state index >= 15 is 0 Å². The second kappa shape index (κ2) is 9.88. The number of nitrogens with zero attached hydrogens (tertiary/aromatic N) is 3. The average Bonchev–Trinajstić information content (AvgIpc) is 3.09. The molecular formula is C23H27N5O3. The van der Waals surface area contributed by atoms with E-state index in [1.54, 1.807) is 34.7 Å². The number of amides is 3. The molecule has 8 heteroatoms. The largest absolute Gasteiger partial charge is 0.355 e. The predicted molar refractivity (Wildman–Crippen MR) is 119 cm³/mol. The van der Waals surface area contributed by atoms with Gasteiger partial charge in [-0.1, -0.05) is 30.3 Å². The molecule has 0 radical (unpaired) electrons. The highest BCUT2D eigenvalue weighted by Gasteiger charge is 2.19. The predicted octanol–water partition coefficient (Wildman–Crippen LogP) is 2.10. The molecule has 0 fully saturated rings. The van der Waals surface area contributed by atoms with Crippen molar-refractivity contribution in [3.05, 3.63) is 65.5 Å². The topological polar surface area (TPSA) is 95.8 Å². The van der Waals surface area contributed by atoms with Crippen molar-refractivity contribution in [2.75, 3.05) is 25.0 Å². The molecule has 3 rings (SSSR count). The van der Waals surface area contributed by atoms with Crippen LogP contribution in [0.3, 0.4) is 0 Å². The minimum absolute atomic E-state index is 0.0288. The number of benzene rings is 1. The van der Waals surface area contributed by atoms with E-state index in [4.69, 9.17) is 0 Å². The maximum Gasteiger partial charge on any atom is 0.252 e. The molecule has 0 spiro atoms. The van der Waals surface area contributed by atoms with E-state index in [0.29, 0.717) is 48.7 Å². The Kier molecular flexibility index (Phi) is 7.02. The van der Waals surface area contributed by atoms with Gasteiger partial charge in [0.15, 0.2) is 0 Å². The van der Waals surface area contributed by atoms with Crippen molar-refractivity contribution in [1.82, 2.24) is 20.0 Å². The highest BCUT2D eigenvalue weighted by molar-refractivity contribution is 5.95. The Labute approximate surface area is 181 Å². The highest BCUT2D eigenvalue weighted by atomic mass is 16.2. The first-order valence-electron chi connectivity index (χ1n) is 10.2. The van der Waals surface area contributed by atoms with Gasteiger partial charge in [0.25, 0.3) is 5.91 Å². The van der Waals surface area contributed by atoms with E-state index in [9.17, 15) is 14.4 Å². The van der Waals surface area contributed by atoms with Crippen LogP contribution in [0.25, 0.3) is 5.65 Å². The van der Waals surface area contributed by atoms with Crippen LogP contribution in [0.15, 0.2) is 48.7 Å². The molecular weight excluding hydrogens is 394 g/mol. The van der Waals surface area contributed by atoms with Crippen molar-refractivity contribution in [2.24, 2.45) is 0 Å². The molecule has 0 atom stereocenters. The number of nitrogens with one attached hydrogen (secondary N) is 2. The Hall–Kier alpha value is -3.68. The number of carbonyl (C=O) groups excluding carboxylic acids is 3. The summed E-state index contributed by atoms with van der Waals surface area (Å²) >= 11 is 0. The van der Waals surface area contributed by atoms with Gasteiger partial charge in [-0.2, -0.15) is 0 Å². The monoisotopic (exact) mass is 421 g/mol. The first-order chi connectivity index (χ1) is 14.9. The smallest absolute Gasteiger partial charge is 0.252 e. The molecule has 0 aliphatic heterocycles. The first kappa shape index (κ1) is 22.0. The van der Waals surface area contributed by atoms with Crippen LogP contribution < -0.4 is 15.5 Å². The number of hydrogen-bond acceptors (Lipinski definition) is 4. The summed E-state index contributed by atoms with van der Waals surface area (Å²) in [5.74, 6) is 0.205. The van der Waals surface area contributed by atoms with Gasteiger partial charge in [-0.15, -0.1) is 0 Å². The summed E-state index contributed by atoms with van der Waals surface area (Å²) < 4.78 is 1.76. The van der Waals surface area contributed by atoms with E-state index in [-0.39, 0.29) is 17.7 Å². The van der Waals surface area contributed by atoms with Crippen molar-refractivity contribution in [3.63, 3.8) is 0 Å². The van der Waals surface area contributed by atoms with Gasteiger partial charge in [0.05, 0.1) is 11.3 Å². The molecule has 3 amide bonds. The van der Waals surface area contributed by atoms with Crippen LogP contribution in [0, 0.1) is 6.92 Å². The number of hydrogen-bond donors (Lipinski definition) is 2. The Morgan fingerprint density at radius 1 is 1.03 bits per heavy atom. The molecule has 2 aromatic heterocycles. The van der Waals surface area contributed by atoms with Gasteiger partial charge in [-0.25, -0.2) is 4.98 Å². The number of pyridine rings is 1. The number of anilines is 1. The van der Waals surface area contributed by atoms with E-state index in [0.717, 1.165) is 5.56 Å². The average molecular weight is 422 g/mol. The van der Waals surface area contributed by atoms with Crippen LogP contribution in [-0.2, 0) is 16.0 Å². The van der Waals surface area contributed by atoms with Gasteiger partial charge < -0.3 is 10.6 Å². The summed E-state index contributed by atoms with van der Waals surface area (Å²) in [5, 5.41) is 5.40. The molecule has 2 heterocycles. The fourth-order valence-corrected chi connectivity index (χ4v) is 3.39. The SMILES string of the molecule is CC(=O)NCCNC(=O)c1ccc2nc(C)c(N(C)C(=O)CCc3ccccc3)n2c1. The van der Waals surface area contributed by atoms with E-state index in [2.05, 4.69) is 15.6 Å². The fraction of sp³-hybridized carbons (Fsp3) is 0.304. The van der Waals surface area contributed by atoms with Gasteiger partial charge in [0, 0.05) is 39.7 Å². The number of imidazole rings is 1.